The average Bonchev–Trinajstić information content (AvgIpc) is 2.82. The molecule has 0 heterocycles. The van der Waals surface area contributed by atoms with Gasteiger partial charge >= 0.3 is 0 Å². The van der Waals surface area contributed by atoms with Gasteiger partial charge in [-0.05, 0) is 55.5 Å². The van der Waals surface area contributed by atoms with Crippen molar-refractivity contribution < 1.29 is 18.0 Å². The number of hydrogen-bond acceptors (Lipinski definition) is 4. The number of amides is 2. The van der Waals surface area contributed by atoms with Crippen molar-refractivity contribution in [3.05, 3.63) is 63.6 Å². The van der Waals surface area contributed by atoms with Crippen LogP contribution in [0.5, 0.6) is 0 Å². The van der Waals surface area contributed by atoms with Crippen molar-refractivity contribution >= 4 is 50.7 Å². The Morgan fingerprint density at radius 1 is 1.08 bits per heavy atom. The van der Waals surface area contributed by atoms with E-state index in [-0.39, 0.29) is 37.7 Å². The fraction of sp³-hybridized carbons (Fsp3) is 0.462. The summed E-state index contributed by atoms with van der Waals surface area (Å²) < 4.78 is 26.4. The first kappa shape index (κ1) is 29.9. The Labute approximate surface area is 224 Å². The van der Waals surface area contributed by atoms with E-state index in [1.54, 1.807) is 42.2 Å². The SMILES string of the molecule is CCCNC(=O)[C@@H](CC)N(Cc1ccccc1Cl)C(=O)CCCN(c1cc(Cl)ccc1C)S(C)(=O)=O. The number of carbonyl (C=O) groups excluding carboxylic acids is 2. The lowest BCUT2D eigenvalue weighted by molar-refractivity contribution is -0.141. The largest absolute Gasteiger partial charge is 0.354 e. The summed E-state index contributed by atoms with van der Waals surface area (Å²) in [5.41, 5.74) is 1.98. The van der Waals surface area contributed by atoms with E-state index in [9.17, 15) is 18.0 Å². The van der Waals surface area contributed by atoms with Crippen LogP contribution < -0.4 is 9.62 Å². The number of nitrogens with one attached hydrogen (secondary N) is 1. The molecule has 0 saturated heterocycles. The molecular formula is C26H35Cl2N3O4S. The Balaban J connectivity index is 2.25. The quantitative estimate of drug-likeness (QED) is 0.368. The van der Waals surface area contributed by atoms with E-state index >= 15 is 0 Å². The topological polar surface area (TPSA) is 86.8 Å². The molecule has 0 unspecified atom stereocenters. The molecule has 1 atom stereocenters. The molecule has 36 heavy (non-hydrogen) atoms. The fourth-order valence-corrected chi connectivity index (χ4v) is 5.31. The highest BCUT2D eigenvalue weighted by molar-refractivity contribution is 7.92. The third-order valence-electron chi connectivity index (χ3n) is 5.83. The highest BCUT2D eigenvalue weighted by atomic mass is 35.5. The first-order valence-corrected chi connectivity index (χ1v) is 14.6. The third-order valence-corrected chi connectivity index (χ3v) is 7.61. The Hall–Kier alpha value is -2.29. The van der Waals surface area contributed by atoms with Crippen LogP contribution in [0.4, 0.5) is 5.69 Å². The van der Waals surface area contributed by atoms with Gasteiger partial charge < -0.3 is 10.2 Å². The lowest BCUT2D eigenvalue weighted by atomic mass is 10.1. The van der Waals surface area contributed by atoms with Crippen molar-refractivity contribution in [2.75, 3.05) is 23.7 Å². The van der Waals surface area contributed by atoms with Crippen molar-refractivity contribution in [3.8, 4) is 0 Å². The van der Waals surface area contributed by atoms with Crippen molar-refractivity contribution in [2.24, 2.45) is 0 Å². The maximum absolute atomic E-state index is 13.4. The van der Waals surface area contributed by atoms with E-state index in [4.69, 9.17) is 23.2 Å². The van der Waals surface area contributed by atoms with E-state index in [1.165, 1.54) is 4.31 Å². The highest BCUT2D eigenvalue weighted by Gasteiger charge is 2.29. The zero-order valence-electron chi connectivity index (χ0n) is 21.3. The third kappa shape index (κ3) is 8.39. The number of benzene rings is 2. The Morgan fingerprint density at radius 3 is 2.39 bits per heavy atom. The molecule has 0 radical (unpaired) electrons. The Kier molecular flexibility index (Phi) is 11.5. The summed E-state index contributed by atoms with van der Waals surface area (Å²) in [5, 5.41) is 3.82. The molecular weight excluding hydrogens is 521 g/mol. The fourth-order valence-electron chi connectivity index (χ4n) is 3.93. The van der Waals surface area contributed by atoms with Crippen LogP contribution in [0.2, 0.25) is 10.0 Å². The van der Waals surface area contributed by atoms with Crippen LogP contribution in [0.15, 0.2) is 42.5 Å². The van der Waals surface area contributed by atoms with Crippen LogP contribution in [0.25, 0.3) is 0 Å². The molecule has 7 nitrogen and oxygen atoms in total. The summed E-state index contributed by atoms with van der Waals surface area (Å²) in [7, 11) is -3.61. The maximum Gasteiger partial charge on any atom is 0.242 e. The highest BCUT2D eigenvalue weighted by Crippen LogP contribution is 2.27. The second-order valence-corrected chi connectivity index (χ2v) is 11.4. The molecule has 10 heteroatoms. The molecule has 198 valence electrons. The van der Waals surface area contributed by atoms with E-state index in [1.807, 2.05) is 26.0 Å². The van der Waals surface area contributed by atoms with Crippen LogP contribution in [0.1, 0.15) is 50.7 Å². The number of halogens is 2. The summed E-state index contributed by atoms with van der Waals surface area (Å²) in [6.45, 7) is 6.43. The van der Waals surface area contributed by atoms with Gasteiger partial charge in [0.25, 0.3) is 0 Å². The monoisotopic (exact) mass is 555 g/mol. The van der Waals surface area contributed by atoms with E-state index < -0.39 is 16.1 Å². The van der Waals surface area contributed by atoms with Crippen LogP contribution in [0.3, 0.4) is 0 Å². The van der Waals surface area contributed by atoms with Gasteiger partial charge in [0.15, 0.2) is 0 Å². The molecule has 2 rings (SSSR count). The van der Waals surface area contributed by atoms with Crippen LogP contribution in [-0.2, 0) is 26.2 Å². The molecule has 0 saturated carbocycles. The predicted octanol–water partition coefficient (Wildman–Crippen LogP) is 5.18. The summed E-state index contributed by atoms with van der Waals surface area (Å²) in [4.78, 5) is 27.9. The number of anilines is 1. The van der Waals surface area contributed by atoms with Gasteiger partial charge in [0.1, 0.15) is 6.04 Å². The molecule has 0 bridgehead atoms. The van der Waals surface area contributed by atoms with Gasteiger partial charge in [-0.3, -0.25) is 13.9 Å². The first-order valence-electron chi connectivity index (χ1n) is 12.0. The van der Waals surface area contributed by atoms with Crippen LogP contribution in [0, 0.1) is 6.92 Å². The van der Waals surface area contributed by atoms with Crippen molar-refractivity contribution in [1.29, 1.82) is 0 Å². The first-order chi connectivity index (χ1) is 17.0. The van der Waals surface area contributed by atoms with Gasteiger partial charge in [0, 0.05) is 36.1 Å². The van der Waals surface area contributed by atoms with Crippen molar-refractivity contribution in [3.63, 3.8) is 0 Å². The molecule has 0 aliphatic rings. The van der Waals surface area contributed by atoms with Crippen molar-refractivity contribution in [2.45, 2.75) is 59.0 Å². The molecule has 0 aromatic heterocycles. The number of hydrogen-bond donors (Lipinski definition) is 1. The number of rotatable bonds is 13. The Morgan fingerprint density at radius 2 is 1.78 bits per heavy atom. The van der Waals surface area contributed by atoms with E-state index in [2.05, 4.69) is 5.32 Å². The second-order valence-electron chi connectivity index (χ2n) is 8.70. The summed E-state index contributed by atoms with van der Waals surface area (Å²) >= 11 is 12.5. The normalized spacial score (nSPS) is 12.2. The van der Waals surface area contributed by atoms with Gasteiger partial charge in [-0.2, -0.15) is 0 Å². The molecule has 1 N–H and O–H groups in total. The molecule has 0 fully saturated rings. The zero-order valence-corrected chi connectivity index (χ0v) is 23.6. The van der Waals surface area contributed by atoms with Crippen LogP contribution in [-0.4, -0.2) is 50.5 Å². The summed E-state index contributed by atoms with van der Waals surface area (Å²) in [6, 6.07) is 11.6. The number of carbonyl (C=O) groups is 2. The lowest BCUT2D eigenvalue weighted by Crippen LogP contribution is -2.49. The standard InChI is InChI=1S/C26H35Cl2N3O4S/c1-5-15-29-26(33)23(6-2)30(18-20-10-7-8-11-22(20)28)25(32)12-9-16-31(36(4,34)35)24-17-21(27)14-13-19(24)3/h7-8,10-11,13-14,17,23H,5-6,9,12,15-16,18H2,1-4H3,(H,29,33)/t23-/m1/s1. The number of nitrogens with zero attached hydrogens (tertiary/aromatic N) is 2. The predicted molar refractivity (Wildman–Crippen MR) is 147 cm³/mol. The molecule has 2 aromatic carbocycles. The number of sulfonamides is 1. The smallest absolute Gasteiger partial charge is 0.242 e. The molecule has 0 aliphatic carbocycles. The average molecular weight is 557 g/mol. The van der Waals surface area contributed by atoms with Gasteiger partial charge in [0.2, 0.25) is 21.8 Å². The Bertz CT molecular complexity index is 1160. The minimum absolute atomic E-state index is 0.0631. The zero-order chi connectivity index (χ0) is 26.9. The molecule has 0 spiro atoms. The summed E-state index contributed by atoms with van der Waals surface area (Å²) in [6.07, 6.45) is 2.68. The van der Waals surface area contributed by atoms with Gasteiger partial charge in [-0.1, -0.05) is 61.3 Å². The van der Waals surface area contributed by atoms with Gasteiger partial charge in [-0.25, -0.2) is 8.42 Å². The summed E-state index contributed by atoms with van der Waals surface area (Å²) in [5.74, 6) is -0.461. The molecule has 2 amide bonds. The van der Waals surface area contributed by atoms with Gasteiger partial charge in [-0.15, -0.1) is 0 Å². The minimum Gasteiger partial charge on any atom is -0.354 e. The van der Waals surface area contributed by atoms with E-state index in [0.717, 1.165) is 23.8 Å². The maximum atomic E-state index is 13.4. The second kappa shape index (κ2) is 13.9. The number of aryl methyl sites for hydroxylation is 1. The van der Waals surface area contributed by atoms with Gasteiger partial charge in [0.05, 0.1) is 11.9 Å². The van der Waals surface area contributed by atoms with Crippen molar-refractivity contribution in [1.82, 2.24) is 10.2 Å². The van der Waals surface area contributed by atoms with Crippen LogP contribution >= 0.6 is 23.2 Å². The minimum atomic E-state index is -3.61. The van der Waals surface area contributed by atoms with E-state index in [0.29, 0.717) is 28.7 Å². The molecule has 0 aliphatic heterocycles. The lowest BCUT2D eigenvalue weighted by Gasteiger charge is -2.31. The molecule has 2 aromatic rings.